The number of aliphatic carboxylic acids is 1. The molecule has 1 aromatic heterocycles. The van der Waals surface area contributed by atoms with Crippen molar-refractivity contribution in [2.45, 2.75) is 31.2 Å². The van der Waals surface area contributed by atoms with Crippen LogP contribution in [0.15, 0.2) is 11.2 Å². The van der Waals surface area contributed by atoms with Crippen LogP contribution in [-0.4, -0.2) is 40.5 Å². The highest BCUT2D eigenvalue weighted by atomic mass is 32.2. The lowest BCUT2D eigenvalue weighted by atomic mass is 9.92. The molecule has 0 saturated carbocycles. The largest absolute Gasteiger partial charge is 0.481 e. The van der Waals surface area contributed by atoms with E-state index in [0.29, 0.717) is 16.9 Å². The number of carbonyl (C=O) groups is 1. The van der Waals surface area contributed by atoms with Crippen LogP contribution in [0, 0.1) is 5.41 Å². The van der Waals surface area contributed by atoms with Gasteiger partial charge in [0, 0.05) is 0 Å². The normalized spacial score (nSPS) is 12.9. The minimum absolute atomic E-state index is 0.318. The van der Waals surface area contributed by atoms with Crippen molar-refractivity contribution >= 4 is 17.7 Å². The minimum Gasteiger partial charge on any atom is -0.481 e. The summed E-state index contributed by atoms with van der Waals surface area (Å²) in [4.78, 5) is 19.6. The van der Waals surface area contributed by atoms with E-state index in [2.05, 4.69) is 9.97 Å². The Hall–Kier alpha value is -1.50. The van der Waals surface area contributed by atoms with Crippen LogP contribution in [0.25, 0.3) is 0 Å². The molecule has 19 heavy (non-hydrogen) atoms. The zero-order valence-electron chi connectivity index (χ0n) is 11.6. The van der Waals surface area contributed by atoms with Gasteiger partial charge in [-0.2, -0.15) is 9.97 Å². The van der Waals surface area contributed by atoms with E-state index in [0.717, 1.165) is 11.8 Å². The molecule has 0 aliphatic heterocycles. The van der Waals surface area contributed by atoms with Crippen LogP contribution in [0.2, 0.25) is 0 Å². The number of aromatic nitrogens is 2. The van der Waals surface area contributed by atoms with E-state index >= 15 is 0 Å². The van der Waals surface area contributed by atoms with E-state index in [9.17, 15) is 9.90 Å². The van der Waals surface area contributed by atoms with E-state index < -0.39 is 16.6 Å². The fraction of sp³-hybridized carbons (Fsp3) is 0.583. The summed E-state index contributed by atoms with van der Waals surface area (Å²) >= 11 is 1.08. The predicted octanol–water partition coefficient (Wildman–Crippen LogP) is 2.09. The maximum atomic E-state index is 11.3. The molecule has 1 heterocycles. The molecule has 0 spiro atoms. The Labute approximate surface area is 116 Å². The first kappa shape index (κ1) is 15.6. The second-order valence-electron chi connectivity index (χ2n) is 4.94. The van der Waals surface area contributed by atoms with Crippen LogP contribution in [-0.2, 0) is 4.79 Å². The van der Waals surface area contributed by atoms with E-state index in [4.69, 9.17) is 9.47 Å². The van der Waals surface area contributed by atoms with Crippen molar-refractivity contribution < 1.29 is 19.4 Å². The number of thioether (sulfide) groups is 1. The van der Waals surface area contributed by atoms with Gasteiger partial charge in [0.1, 0.15) is 5.25 Å². The second-order valence-corrected chi connectivity index (χ2v) is 6.01. The Morgan fingerprint density at radius 3 is 2.05 bits per heavy atom. The van der Waals surface area contributed by atoms with Crippen molar-refractivity contribution in [1.29, 1.82) is 0 Å². The molecule has 0 aliphatic carbocycles. The summed E-state index contributed by atoms with van der Waals surface area (Å²) in [7, 11) is 2.96. The molecule has 6 nitrogen and oxygen atoms in total. The minimum atomic E-state index is -0.900. The van der Waals surface area contributed by atoms with Gasteiger partial charge in [-0.25, -0.2) is 0 Å². The summed E-state index contributed by atoms with van der Waals surface area (Å²) in [6, 6.07) is 1.54. The van der Waals surface area contributed by atoms with Crippen molar-refractivity contribution in [2.75, 3.05) is 14.2 Å². The van der Waals surface area contributed by atoms with Gasteiger partial charge in [-0.3, -0.25) is 4.79 Å². The Morgan fingerprint density at radius 2 is 1.74 bits per heavy atom. The highest BCUT2D eigenvalue weighted by Gasteiger charge is 2.33. The molecule has 7 heteroatoms. The van der Waals surface area contributed by atoms with Gasteiger partial charge >= 0.3 is 5.97 Å². The zero-order chi connectivity index (χ0) is 14.6. The molecule has 0 saturated heterocycles. The van der Waals surface area contributed by atoms with Crippen LogP contribution >= 0.6 is 11.8 Å². The van der Waals surface area contributed by atoms with Crippen molar-refractivity contribution in [3.05, 3.63) is 6.07 Å². The average molecular weight is 286 g/mol. The number of methoxy groups -OCH3 is 2. The van der Waals surface area contributed by atoms with E-state index in [-0.39, 0.29) is 0 Å². The highest BCUT2D eigenvalue weighted by molar-refractivity contribution is 8.00. The van der Waals surface area contributed by atoms with Gasteiger partial charge < -0.3 is 14.6 Å². The number of nitrogens with zero attached hydrogens (tertiary/aromatic N) is 2. The molecular weight excluding hydrogens is 268 g/mol. The standard InChI is InChI=1S/C12H18N2O4S/c1-12(2,3)9(10(15)16)19-11-13-7(17-4)6-8(14-11)18-5/h6,9H,1-5H3,(H,15,16). The third kappa shape index (κ3) is 4.27. The number of rotatable bonds is 5. The van der Waals surface area contributed by atoms with E-state index in [1.54, 1.807) is 0 Å². The van der Waals surface area contributed by atoms with Gasteiger partial charge in [0.05, 0.1) is 20.3 Å². The van der Waals surface area contributed by atoms with Gasteiger partial charge in [0.15, 0.2) is 5.16 Å². The molecule has 106 valence electrons. The molecule has 0 aromatic carbocycles. The number of hydrogen-bond acceptors (Lipinski definition) is 6. The third-order valence-corrected chi connectivity index (χ3v) is 3.85. The van der Waals surface area contributed by atoms with E-state index in [1.807, 2.05) is 20.8 Å². The van der Waals surface area contributed by atoms with Crippen LogP contribution < -0.4 is 9.47 Å². The first-order chi connectivity index (χ1) is 8.77. The Balaban J connectivity index is 3.05. The topological polar surface area (TPSA) is 81.5 Å². The molecule has 1 unspecified atom stereocenters. The van der Waals surface area contributed by atoms with Crippen molar-refractivity contribution in [3.63, 3.8) is 0 Å². The maximum Gasteiger partial charge on any atom is 0.317 e. The van der Waals surface area contributed by atoms with Gasteiger partial charge in [0.2, 0.25) is 11.8 Å². The number of ether oxygens (including phenoxy) is 2. The fourth-order valence-corrected chi connectivity index (χ4v) is 2.30. The second kappa shape index (κ2) is 6.10. The molecule has 0 fully saturated rings. The average Bonchev–Trinajstić information content (AvgIpc) is 2.33. The molecule has 0 amide bonds. The lowest BCUT2D eigenvalue weighted by Crippen LogP contribution is -2.31. The molecule has 1 atom stereocenters. The highest BCUT2D eigenvalue weighted by Crippen LogP contribution is 2.35. The van der Waals surface area contributed by atoms with Crippen LogP contribution in [0.5, 0.6) is 11.8 Å². The Bertz CT molecular complexity index is 437. The number of hydrogen-bond donors (Lipinski definition) is 1. The lowest BCUT2D eigenvalue weighted by Gasteiger charge is -2.25. The first-order valence-electron chi connectivity index (χ1n) is 5.64. The maximum absolute atomic E-state index is 11.3. The van der Waals surface area contributed by atoms with Gasteiger partial charge in [-0.1, -0.05) is 32.5 Å². The summed E-state index contributed by atoms with van der Waals surface area (Å²) in [5.41, 5.74) is -0.420. The SMILES string of the molecule is COc1cc(OC)nc(SC(C(=O)O)C(C)(C)C)n1. The van der Waals surface area contributed by atoms with Gasteiger partial charge in [0.25, 0.3) is 0 Å². The van der Waals surface area contributed by atoms with Crippen molar-refractivity contribution in [1.82, 2.24) is 9.97 Å². The summed E-state index contributed by atoms with van der Waals surface area (Å²) < 4.78 is 10.1. The molecular formula is C12H18N2O4S. The van der Waals surface area contributed by atoms with Crippen LogP contribution in [0.4, 0.5) is 0 Å². The quantitative estimate of drug-likeness (QED) is 0.655. The van der Waals surface area contributed by atoms with E-state index in [1.165, 1.54) is 20.3 Å². The summed E-state index contributed by atoms with van der Waals surface area (Å²) in [6.45, 7) is 5.57. The fourth-order valence-electron chi connectivity index (χ4n) is 1.35. The summed E-state index contributed by atoms with van der Waals surface area (Å²) in [6.07, 6.45) is 0. The molecule has 0 aliphatic rings. The molecule has 0 bridgehead atoms. The number of carboxylic acids is 1. The molecule has 1 aromatic rings. The van der Waals surface area contributed by atoms with Crippen LogP contribution in [0.3, 0.4) is 0 Å². The number of carboxylic acid groups (broad SMARTS) is 1. The molecule has 1 rings (SSSR count). The van der Waals surface area contributed by atoms with Gasteiger partial charge in [-0.05, 0) is 5.41 Å². The van der Waals surface area contributed by atoms with Crippen molar-refractivity contribution in [3.8, 4) is 11.8 Å². The molecule has 1 N–H and O–H groups in total. The zero-order valence-corrected chi connectivity index (χ0v) is 12.4. The van der Waals surface area contributed by atoms with Crippen LogP contribution in [0.1, 0.15) is 20.8 Å². The lowest BCUT2D eigenvalue weighted by molar-refractivity contribution is -0.138. The predicted molar refractivity (Wildman–Crippen MR) is 71.9 cm³/mol. The summed E-state index contributed by atoms with van der Waals surface area (Å²) in [5, 5.41) is 8.94. The Kier molecular flexibility index (Phi) is 4.99. The summed E-state index contributed by atoms with van der Waals surface area (Å²) in [5.74, 6) is -0.220. The first-order valence-corrected chi connectivity index (χ1v) is 6.52. The monoisotopic (exact) mass is 286 g/mol. The third-order valence-electron chi connectivity index (χ3n) is 2.31. The molecule has 0 radical (unpaired) electrons. The van der Waals surface area contributed by atoms with Crippen molar-refractivity contribution in [2.24, 2.45) is 5.41 Å². The smallest absolute Gasteiger partial charge is 0.317 e. The van der Waals surface area contributed by atoms with Gasteiger partial charge in [-0.15, -0.1) is 0 Å². The Morgan fingerprint density at radius 1 is 1.26 bits per heavy atom.